The number of hydrogen-bond donors (Lipinski definition) is 0. The predicted molar refractivity (Wildman–Crippen MR) is 78.0 cm³/mol. The summed E-state index contributed by atoms with van der Waals surface area (Å²) in [5, 5.41) is 0.884. The van der Waals surface area contributed by atoms with Gasteiger partial charge in [-0.2, -0.15) is 0 Å². The van der Waals surface area contributed by atoms with Crippen LogP contribution in [-0.4, -0.2) is 15.0 Å². The van der Waals surface area contributed by atoms with Gasteiger partial charge in [-0.05, 0) is 32.0 Å². The molecule has 3 rings (SSSR count). The molecular formula is C15H12FN3S. The minimum Gasteiger partial charge on any atom is -0.242 e. The van der Waals surface area contributed by atoms with Crippen molar-refractivity contribution < 1.29 is 4.39 Å². The number of rotatable bonds is 2. The Bertz CT molecular complexity index is 767. The Morgan fingerprint density at radius 1 is 1.05 bits per heavy atom. The van der Waals surface area contributed by atoms with Crippen LogP contribution in [-0.2, 0) is 0 Å². The zero-order valence-corrected chi connectivity index (χ0v) is 11.9. The summed E-state index contributed by atoms with van der Waals surface area (Å²) in [7, 11) is 0. The van der Waals surface area contributed by atoms with E-state index in [4.69, 9.17) is 0 Å². The van der Waals surface area contributed by atoms with Gasteiger partial charge >= 0.3 is 0 Å². The van der Waals surface area contributed by atoms with E-state index in [9.17, 15) is 4.39 Å². The van der Waals surface area contributed by atoms with Crippen molar-refractivity contribution in [3.63, 3.8) is 0 Å². The molecular weight excluding hydrogens is 273 g/mol. The van der Waals surface area contributed by atoms with Crippen LogP contribution >= 0.6 is 11.3 Å². The van der Waals surface area contributed by atoms with E-state index in [1.54, 1.807) is 18.3 Å². The zero-order chi connectivity index (χ0) is 14.1. The van der Waals surface area contributed by atoms with Crippen LogP contribution in [0, 0.1) is 19.7 Å². The number of benzene rings is 1. The minimum atomic E-state index is -0.273. The first kappa shape index (κ1) is 12.9. The fourth-order valence-electron chi connectivity index (χ4n) is 2.02. The molecule has 0 bridgehead atoms. The van der Waals surface area contributed by atoms with Crippen LogP contribution in [0.5, 0.6) is 0 Å². The Kier molecular flexibility index (Phi) is 3.28. The highest BCUT2D eigenvalue weighted by Gasteiger charge is 2.17. The normalized spacial score (nSPS) is 10.8. The summed E-state index contributed by atoms with van der Waals surface area (Å²) in [6, 6.07) is 8.49. The van der Waals surface area contributed by atoms with Crippen molar-refractivity contribution in [1.29, 1.82) is 0 Å². The molecule has 0 aliphatic rings. The maximum absolute atomic E-state index is 14.0. The first-order chi connectivity index (χ1) is 9.65. The van der Waals surface area contributed by atoms with E-state index in [1.807, 2.05) is 26.0 Å². The molecule has 0 spiro atoms. The molecule has 3 nitrogen and oxygen atoms in total. The van der Waals surface area contributed by atoms with Crippen molar-refractivity contribution in [2.45, 2.75) is 13.8 Å². The topological polar surface area (TPSA) is 38.7 Å². The highest BCUT2D eigenvalue weighted by atomic mass is 32.1. The van der Waals surface area contributed by atoms with Gasteiger partial charge in [0.15, 0.2) is 0 Å². The lowest BCUT2D eigenvalue weighted by Gasteiger charge is -2.03. The van der Waals surface area contributed by atoms with Crippen molar-refractivity contribution in [2.75, 3.05) is 0 Å². The van der Waals surface area contributed by atoms with Gasteiger partial charge in [0, 0.05) is 11.8 Å². The Hall–Kier alpha value is -2.14. The lowest BCUT2D eigenvalue weighted by Crippen LogP contribution is -1.91. The second-order valence-corrected chi connectivity index (χ2v) is 5.58. The standard InChI is InChI=1S/C15H12FN3S/c1-9-17-8-7-13(18-9)15-14(19-10(2)20-15)11-5-3-4-6-12(11)16/h3-8H,1-2H3. The molecule has 2 aromatic heterocycles. The molecule has 0 fully saturated rings. The number of halogens is 1. The maximum Gasteiger partial charge on any atom is 0.132 e. The zero-order valence-electron chi connectivity index (χ0n) is 11.1. The second-order valence-electron chi connectivity index (χ2n) is 4.38. The van der Waals surface area contributed by atoms with Crippen LogP contribution in [0.25, 0.3) is 21.8 Å². The molecule has 100 valence electrons. The molecule has 20 heavy (non-hydrogen) atoms. The van der Waals surface area contributed by atoms with Crippen LogP contribution in [0.2, 0.25) is 0 Å². The van der Waals surface area contributed by atoms with Crippen molar-refractivity contribution in [2.24, 2.45) is 0 Å². The molecule has 0 amide bonds. The smallest absolute Gasteiger partial charge is 0.132 e. The van der Waals surface area contributed by atoms with E-state index < -0.39 is 0 Å². The Balaban J connectivity index is 2.21. The van der Waals surface area contributed by atoms with Crippen LogP contribution < -0.4 is 0 Å². The number of aromatic nitrogens is 3. The quantitative estimate of drug-likeness (QED) is 0.713. The van der Waals surface area contributed by atoms with Crippen LogP contribution in [0.3, 0.4) is 0 Å². The van der Waals surface area contributed by atoms with E-state index in [1.165, 1.54) is 17.4 Å². The largest absolute Gasteiger partial charge is 0.242 e. The third-order valence-corrected chi connectivity index (χ3v) is 3.87. The molecule has 0 unspecified atom stereocenters. The Morgan fingerprint density at radius 3 is 2.60 bits per heavy atom. The predicted octanol–water partition coefficient (Wildman–Crippen LogP) is 4.02. The van der Waals surface area contributed by atoms with Gasteiger partial charge in [0.25, 0.3) is 0 Å². The molecule has 5 heteroatoms. The lowest BCUT2D eigenvalue weighted by molar-refractivity contribution is 0.631. The summed E-state index contributed by atoms with van der Waals surface area (Å²) in [4.78, 5) is 13.8. The van der Waals surface area contributed by atoms with E-state index in [0.717, 1.165) is 15.6 Å². The Morgan fingerprint density at radius 2 is 1.85 bits per heavy atom. The molecule has 0 atom stereocenters. The minimum absolute atomic E-state index is 0.273. The molecule has 0 radical (unpaired) electrons. The molecule has 1 aromatic carbocycles. The fraction of sp³-hybridized carbons (Fsp3) is 0.133. The van der Waals surface area contributed by atoms with Crippen molar-refractivity contribution in [3.8, 4) is 21.8 Å². The Labute approximate surface area is 120 Å². The summed E-state index contributed by atoms with van der Waals surface area (Å²) < 4.78 is 14.0. The van der Waals surface area contributed by atoms with Gasteiger partial charge in [-0.25, -0.2) is 19.3 Å². The number of nitrogens with zero attached hydrogens (tertiary/aromatic N) is 3. The second kappa shape index (κ2) is 5.09. The van der Waals surface area contributed by atoms with E-state index in [2.05, 4.69) is 15.0 Å². The van der Waals surface area contributed by atoms with Crippen LogP contribution in [0.4, 0.5) is 4.39 Å². The fourth-order valence-corrected chi connectivity index (χ4v) is 2.92. The SMILES string of the molecule is Cc1nccc(-c2sc(C)nc2-c2ccccc2F)n1. The highest BCUT2D eigenvalue weighted by molar-refractivity contribution is 7.15. The summed E-state index contributed by atoms with van der Waals surface area (Å²) in [5.41, 5.74) is 1.92. The summed E-state index contributed by atoms with van der Waals surface area (Å²) in [6.45, 7) is 3.74. The number of aryl methyl sites for hydroxylation is 2. The highest BCUT2D eigenvalue weighted by Crippen LogP contribution is 2.36. The average Bonchev–Trinajstić information content (AvgIpc) is 2.81. The average molecular weight is 285 g/mol. The van der Waals surface area contributed by atoms with E-state index in [-0.39, 0.29) is 5.82 Å². The molecule has 2 heterocycles. The monoisotopic (exact) mass is 285 g/mol. The van der Waals surface area contributed by atoms with Crippen molar-refractivity contribution in [1.82, 2.24) is 15.0 Å². The number of thiazole rings is 1. The molecule has 0 saturated heterocycles. The van der Waals surface area contributed by atoms with Gasteiger partial charge in [-0.3, -0.25) is 0 Å². The summed E-state index contributed by atoms with van der Waals surface area (Å²) in [5.74, 6) is 0.415. The molecule has 0 N–H and O–H groups in total. The molecule has 0 aliphatic carbocycles. The van der Waals surface area contributed by atoms with Gasteiger partial charge in [0.2, 0.25) is 0 Å². The first-order valence-corrected chi connectivity index (χ1v) is 6.99. The van der Waals surface area contributed by atoms with Gasteiger partial charge in [-0.15, -0.1) is 11.3 Å². The molecule has 3 aromatic rings. The van der Waals surface area contributed by atoms with Crippen LogP contribution in [0.15, 0.2) is 36.5 Å². The van der Waals surface area contributed by atoms with Gasteiger partial charge < -0.3 is 0 Å². The summed E-state index contributed by atoms with van der Waals surface area (Å²) in [6.07, 6.45) is 1.71. The van der Waals surface area contributed by atoms with Gasteiger partial charge in [-0.1, -0.05) is 12.1 Å². The maximum atomic E-state index is 14.0. The summed E-state index contributed by atoms with van der Waals surface area (Å²) >= 11 is 1.51. The molecule has 0 saturated carbocycles. The van der Waals surface area contributed by atoms with Crippen LogP contribution in [0.1, 0.15) is 10.8 Å². The van der Waals surface area contributed by atoms with Crippen molar-refractivity contribution >= 4 is 11.3 Å². The van der Waals surface area contributed by atoms with E-state index in [0.29, 0.717) is 17.1 Å². The lowest BCUT2D eigenvalue weighted by atomic mass is 10.1. The third-order valence-electron chi connectivity index (χ3n) is 2.87. The van der Waals surface area contributed by atoms with Gasteiger partial charge in [0.05, 0.1) is 21.3 Å². The molecule has 0 aliphatic heterocycles. The van der Waals surface area contributed by atoms with E-state index >= 15 is 0 Å². The van der Waals surface area contributed by atoms with Gasteiger partial charge in [0.1, 0.15) is 11.6 Å². The third kappa shape index (κ3) is 2.32. The van der Waals surface area contributed by atoms with Crippen molar-refractivity contribution in [3.05, 3.63) is 53.2 Å². The number of hydrogen-bond acceptors (Lipinski definition) is 4. The first-order valence-electron chi connectivity index (χ1n) is 6.17.